The van der Waals surface area contributed by atoms with Crippen LogP contribution in [0.3, 0.4) is 0 Å². The summed E-state index contributed by atoms with van der Waals surface area (Å²) in [4.78, 5) is 2.09. The number of aliphatic hydroxyl groups is 1. The number of hydrogen-bond donors (Lipinski definition) is 1. The van der Waals surface area contributed by atoms with Crippen LogP contribution < -0.4 is 4.74 Å². The van der Waals surface area contributed by atoms with Crippen molar-refractivity contribution in [3.8, 4) is 5.75 Å². The van der Waals surface area contributed by atoms with Crippen molar-refractivity contribution < 1.29 is 9.84 Å². The van der Waals surface area contributed by atoms with Gasteiger partial charge >= 0.3 is 0 Å². The molecule has 2 atom stereocenters. The third kappa shape index (κ3) is 4.87. The van der Waals surface area contributed by atoms with Crippen LogP contribution in [-0.2, 0) is 5.60 Å². The molecular formula is C26H31NO2. The predicted molar refractivity (Wildman–Crippen MR) is 119 cm³/mol. The number of rotatable bonds is 9. The topological polar surface area (TPSA) is 32.7 Å². The van der Waals surface area contributed by atoms with E-state index in [1.54, 1.807) is 0 Å². The van der Waals surface area contributed by atoms with Crippen molar-refractivity contribution in [2.24, 2.45) is 0 Å². The first kappa shape index (κ1) is 21.1. The molecule has 3 rings (SSSR count). The van der Waals surface area contributed by atoms with Crippen LogP contribution in [0.4, 0.5) is 0 Å². The molecular weight excluding hydrogens is 358 g/mol. The van der Waals surface area contributed by atoms with Gasteiger partial charge < -0.3 is 14.7 Å². The molecule has 0 saturated heterocycles. The van der Waals surface area contributed by atoms with Gasteiger partial charge in [0.1, 0.15) is 18.0 Å². The highest BCUT2D eigenvalue weighted by atomic mass is 16.5. The number of hydrogen-bond acceptors (Lipinski definition) is 3. The number of ether oxygens (including phenoxy) is 1. The Hall–Kier alpha value is -2.62. The molecule has 0 aromatic heterocycles. The quantitative estimate of drug-likeness (QED) is 0.555. The first-order valence-corrected chi connectivity index (χ1v) is 10.3. The molecule has 0 unspecified atom stereocenters. The molecule has 0 aliphatic rings. The van der Waals surface area contributed by atoms with Gasteiger partial charge in [-0.1, -0.05) is 79.7 Å². The Morgan fingerprint density at radius 3 is 1.93 bits per heavy atom. The minimum atomic E-state index is -1.13. The summed E-state index contributed by atoms with van der Waals surface area (Å²) in [5.74, 6) is 0.755. The number of likely N-dealkylation sites (N-methyl/N-ethyl adjacent to an activating group) is 1. The van der Waals surface area contributed by atoms with Crippen molar-refractivity contribution in [1.82, 2.24) is 4.90 Å². The lowest BCUT2D eigenvalue weighted by molar-refractivity contribution is 0.0476. The third-order valence-corrected chi connectivity index (χ3v) is 5.43. The maximum absolute atomic E-state index is 12.2. The first-order chi connectivity index (χ1) is 14.1. The fraction of sp³-hybridized carbons (Fsp3) is 0.308. The summed E-state index contributed by atoms with van der Waals surface area (Å²) < 4.78 is 5.84. The maximum Gasteiger partial charge on any atom is 0.121 e. The molecule has 0 aliphatic heterocycles. The number of benzene rings is 3. The lowest BCUT2D eigenvalue weighted by Gasteiger charge is -2.37. The largest absolute Gasteiger partial charge is 0.492 e. The lowest BCUT2D eigenvalue weighted by atomic mass is 9.72. The normalized spacial score (nSPS) is 14.4. The second-order valence-corrected chi connectivity index (χ2v) is 7.68. The minimum Gasteiger partial charge on any atom is -0.492 e. The van der Waals surface area contributed by atoms with E-state index in [1.807, 2.05) is 86.9 Å². The Kier molecular flexibility index (Phi) is 7.08. The standard InChI is InChI=1S/C26H31NO2/c1-4-25(21-11-7-5-8-12-21)26(28,22-13-9-6-10-14-22)23-15-17-24(18-16-23)29-20-19-27(2)3/h5-18,25,28H,4,19-20H2,1-3H3/t25-,26+/m0/s1. The van der Waals surface area contributed by atoms with Crippen molar-refractivity contribution in [3.05, 3.63) is 102 Å². The lowest BCUT2D eigenvalue weighted by Crippen LogP contribution is -2.34. The smallest absolute Gasteiger partial charge is 0.121 e. The summed E-state index contributed by atoms with van der Waals surface area (Å²) in [7, 11) is 4.06. The van der Waals surface area contributed by atoms with E-state index in [0.717, 1.165) is 35.4 Å². The van der Waals surface area contributed by atoms with E-state index in [1.165, 1.54) is 0 Å². The van der Waals surface area contributed by atoms with Crippen LogP contribution in [0.15, 0.2) is 84.9 Å². The summed E-state index contributed by atoms with van der Waals surface area (Å²) >= 11 is 0. The van der Waals surface area contributed by atoms with Crippen molar-refractivity contribution in [3.63, 3.8) is 0 Å². The molecule has 0 bridgehead atoms. The maximum atomic E-state index is 12.2. The zero-order chi connectivity index (χ0) is 20.7. The van der Waals surface area contributed by atoms with Gasteiger partial charge in [-0.3, -0.25) is 0 Å². The van der Waals surface area contributed by atoms with Crippen molar-refractivity contribution >= 4 is 0 Å². The van der Waals surface area contributed by atoms with Gasteiger partial charge in [-0.05, 0) is 49.3 Å². The zero-order valence-electron chi connectivity index (χ0n) is 17.6. The molecule has 0 spiro atoms. The summed E-state index contributed by atoms with van der Waals surface area (Å²) in [6.07, 6.45) is 0.816. The van der Waals surface area contributed by atoms with Crippen molar-refractivity contribution in [2.45, 2.75) is 24.9 Å². The summed E-state index contributed by atoms with van der Waals surface area (Å²) in [6, 6.07) is 28.1. The Labute approximate surface area is 174 Å². The van der Waals surface area contributed by atoms with E-state index in [0.29, 0.717) is 6.61 Å². The summed E-state index contributed by atoms with van der Waals surface area (Å²) in [5, 5.41) is 12.2. The summed E-state index contributed by atoms with van der Waals surface area (Å²) in [6.45, 7) is 3.63. The van der Waals surface area contributed by atoms with Crippen LogP contribution >= 0.6 is 0 Å². The van der Waals surface area contributed by atoms with Gasteiger partial charge in [0.2, 0.25) is 0 Å². The second kappa shape index (κ2) is 9.73. The summed E-state index contributed by atoms with van der Waals surface area (Å²) in [5.41, 5.74) is 1.78. The van der Waals surface area contributed by atoms with Crippen LogP contribution in [0.25, 0.3) is 0 Å². The van der Waals surface area contributed by atoms with Crippen LogP contribution in [-0.4, -0.2) is 37.3 Å². The van der Waals surface area contributed by atoms with E-state index >= 15 is 0 Å². The molecule has 0 radical (unpaired) electrons. The average Bonchev–Trinajstić information content (AvgIpc) is 2.76. The van der Waals surface area contributed by atoms with Crippen LogP contribution in [0.5, 0.6) is 5.75 Å². The first-order valence-electron chi connectivity index (χ1n) is 10.3. The van der Waals surface area contributed by atoms with E-state index in [2.05, 4.69) is 24.0 Å². The molecule has 3 heteroatoms. The highest BCUT2D eigenvalue weighted by molar-refractivity contribution is 5.43. The molecule has 1 N–H and O–H groups in total. The van der Waals surface area contributed by atoms with Gasteiger partial charge in [0.25, 0.3) is 0 Å². The SMILES string of the molecule is CC[C@@H](c1ccccc1)[C@@](O)(c1ccccc1)c1ccc(OCCN(C)C)cc1. The molecule has 152 valence electrons. The molecule has 3 nitrogen and oxygen atoms in total. The van der Waals surface area contributed by atoms with Gasteiger partial charge in [-0.2, -0.15) is 0 Å². The highest BCUT2D eigenvalue weighted by Crippen LogP contribution is 2.44. The van der Waals surface area contributed by atoms with E-state index in [-0.39, 0.29) is 5.92 Å². The van der Waals surface area contributed by atoms with Crippen LogP contribution in [0.2, 0.25) is 0 Å². The molecule has 0 saturated carbocycles. The van der Waals surface area contributed by atoms with Crippen LogP contribution in [0.1, 0.15) is 36.0 Å². The molecule has 3 aromatic rings. The second-order valence-electron chi connectivity index (χ2n) is 7.68. The molecule has 0 heterocycles. The Morgan fingerprint density at radius 1 is 0.828 bits per heavy atom. The molecule has 0 fully saturated rings. The van der Waals surface area contributed by atoms with Gasteiger partial charge in [0, 0.05) is 12.5 Å². The monoisotopic (exact) mass is 389 g/mol. The fourth-order valence-electron chi connectivity index (χ4n) is 3.87. The van der Waals surface area contributed by atoms with Gasteiger partial charge in [-0.25, -0.2) is 0 Å². The van der Waals surface area contributed by atoms with Crippen molar-refractivity contribution in [2.75, 3.05) is 27.2 Å². The Balaban J connectivity index is 1.98. The average molecular weight is 390 g/mol. The van der Waals surface area contributed by atoms with Crippen molar-refractivity contribution in [1.29, 1.82) is 0 Å². The Bertz CT molecular complexity index is 862. The zero-order valence-corrected chi connectivity index (χ0v) is 17.6. The fourth-order valence-corrected chi connectivity index (χ4v) is 3.87. The molecule has 29 heavy (non-hydrogen) atoms. The van der Waals surface area contributed by atoms with E-state index < -0.39 is 5.60 Å². The van der Waals surface area contributed by atoms with Gasteiger partial charge in [-0.15, -0.1) is 0 Å². The van der Waals surface area contributed by atoms with Crippen LogP contribution in [0, 0.1) is 0 Å². The Morgan fingerprint density at radius 2 is 1.38 bits per heavy atom. The van der Waals surface area contributed by atoms with Gasteiger partial charge in [0.05, 0.1) is 0 Å². The van der Waals surface area contributed by atoms with E-state index in [9.17, 15) is 5.11 Å². The van der Waals surface area contributed by atoms with Gasteiger partial charge in [0.15, 0.2) is 0 Å². The molecule has 3 aromatic carbocycles. The molecule has 0 aliphatic carbocycles. The minimum absolute atomic E-state index is 0.0633. The highest BCUT2D eigenvalue weighted by Gasteiger charge is 2.40. The third-order valence-electron chi connectivity index (χ3n) is 5.43. The molecule has 0 amide bonds. The number of nitrogens with zero attached hydrogens (tertiary/aromatic N) is 1. The van der Waals surface area contributed by atoms with E-state index in [4.69, 9.17) is 4.74 Å². The predicted octanol–water partition coefficient (Wildman–Crippen LogP) is 5.06.